The molecule has 0 aliphatic heterocycles. The third kappa shape index (κ3) is 2.29. The smallest absolute Gasteiger partial charge is 0.112 e. The van der Waals surface area contributed by atoms with E-state index in [2.05, 4.69) is 10.3 Å². The van der Waals surface area contributed by atoms with Gasteiger partial charge in [0.05, 0.1) is 25.5 Å². The van der Waals surface area contributed by atoms with Gasteiger partial charge in [-0.05, 0) is 11.4 Å². The second kappa shape index (κ2) is 5.20. The highest BCUT2D eigenvalue weighted by Crippen LogP contribution is 2.16. The molecule has 0 fully saturated rings. The summed E-state index contributed by atoms with van der Waals surface area (Å²) in [5.74, 6) is 0. The molecule has 0 spiro atoms. The second-order valence-electron chi connectivity index (χ2n) is 3.34. The molecule has 5 nitrogen and oxygen atoms in total. The third-order valence-electron chi connectivity index (χ3n) is 2.30. The fraction of sp³-hybridized carbons (Fsp3) is 0.400. The average Bonchev–Trinajstić information content (AvgIpc) is 2.91. The van der Waals surface area contributed by atoms with Crippen molar-refractivity contribution < 1.29 is 10.2 Å². The molecule has 2 rings (SSSR count). The standard InChI is InChI=1S/C10H13N3O2S/c14-4-3-13-10(9(7-15)11-12-13)6-8-2-1-5-16-8/h1-2,5,14-15H,3-4,6-7H2. The topological polar surface area (TPSA) is 71.2 Å². The van der Waals surface area contributed by atoms with Crippen LogP contribution in [0.25, 0.3) is 0 Å². The van der Waals surface area contributed by atoms with Crippen LogP contribution >= 0.6 is 11.3 Å². The molecule has 0 amide bonds. The molecule has 86 valence electrons. The van der Waals surface area contributed by atoms with Crippen LogP contribution < -0.4 is 0 Å². The van der Waals surface area contributed by atoms with Crippen LogP contribution in [0.1, 0.15) is 16.3 Å². The van der Waals surface area contributed by atoms with Gasteiger partial charge >= 0.3 is 0 Å². The number of rotatable bonds is 5. The van der Waals surface area contributed by atoms with Crippen LogP contribution in [0.2, 0.25) is 0 Å². The van der Waals surface area contributed by atoms with E-state index in [0.717, 1.165) is 5.69 Å². The lowest BCUT2D eigenvalue weighted by Crippen LogP contribution is -2.09. The number of thiophene rings is 1. The van der Waals surface area contributed by atoms with E-state index in [-0.39, 0.29) is 13.2 Å². The highest BCUT2D eigenvalue weighted by Gasteiger charge is 2.12. The van der Waals surface area contributed by atoms with Gasteiger partial charge in [-0.25, -0.2) is 4.68 Å². The lowest BCUT2D eigenvalue weighted by atomic mass is 10.2. The molecule has 2 heterocycles. The molecule has 0 aromatic carbocycles. The van der Waals surface area contributed by atoms with Gasteiger partial charge in [-0.3, -0.25) is 0 Å². The van der Waals surface area contributed by atoms with Gasteiger partial charge < -0.3 is 10.2 Å². The minimum absolute atomic E-state index is 0.0195. The summed E-state index contributed by atoms with van der Waals surface area (Å²) < 4.78 is 1.64. The first kappa shape index (κ1) is 11.3. The Labute approximate surface area is 97.0 Å². The first-order chi connectivity index (χ1) is 7.85. The first-order valence-electron chi connectivity index (χ1n) is 5.00. The zero-order chi connectivity index (χ0) is 11.4. The van der Waals surface area contributed by atoms with Crippen LogP contribution in [0, 0.1) is 0 Å². The summed E-state index contributed by atoms with van der Waals surface area (Å²) in [6.07, 6.45) is 0.695. The van der Waals surface area contributed by atoms with Crippen LogP contribution in [-0.4, -0.2) is 31.8 Å². The number of nitrogens with zero attached hydrogens (tertiary/aromatic N) is 3. The minimum Gasteiger partial charge on any atom is -0.394 e. The van der Waals surface area contributed by atoms with E-state index in [4.69, 9.17) is 10.2 Å². The van der Waals surface area contributed by atoms with Gasteiger partial charge in [0.2, 0.25) is 0 Å². The number of aliphatic hydroxyl groups excluding tert-OH is 2. The maximum atomic E-state index is 9.15. The Bertz CT molecular complexity index is 439. The van der Waals surface area contributed by atoms with Crippen LogP contribution in [0.3, 0.4) is 0 Å². The largest absolute Gasteiger partial charge is 0.394 e. The number of aromatic nitrogens is 3. The Morgan fingerprint density at radius 2 is 2.25 bits per heavy atom. The molecule has 0 bridgehead atoms. The molecule has 2 N–H and O–H groups in total. The first-order valence-corrected chi connectivity index (χ1v) is 5.88. The van der Waals surface area contributed by atoms with Crippen molar-refractivity contribution in [1.29, 1.82) is 0 Å². The molecule has 0 radical (unpaired) electrons. The maximum Gasteiger partial charge on any atom is 0.112 e. The van der Waals surface area contributed by atoms with E-state index >= 15 is 0 Å². The van der Waals surface area contributed by atoms with Gasteiger partial charge in [-0.15, -0.1) is 16.4 Å². The SMILES string of the molecule is OCCn1nnc(CO)c1Cc1cccs1. The predicted molar refractivity (Wildman–Crippen MR) is 60.2 cm³/mol. The molecule has 0 unspecified atom stereocenters. The van der Waals surface area contributed by atoms with E-state index in [0.29, 0.717) is 18.7 Å². The summed E-state index contributed by atoms with van der Waals surface area (Å²) >= 11 is 1.65. The van der Waals surface area contributed by atoms with Crippen LogP contribution in [0.5, 0.6) is 0 Å². The molecule has 0 aliphatic carbocycles. The Balaban J connectivity index is 2.25. The summed E-state index contributed by atoms with van der Waals surface area (Å²) in [5, 5.41) is 27.9. The molecular weight excluding hydrogens is 226 g/mol. The van der Waals surface area contributed by atoms with Crippen molar-refractivity contribution in [2.75, 3.05) is 6.61 Å². The Morgan fingerprint density at radius 1 is 1.38 bits per heavy atom. The quantitative estimate of drug-likeness (QED) is 0.793. The number of hydrogen-bond acceptors (Lipinski definition) is 5. The van der Waals surface area contributed by atoms with Gasteiger partial charge in [0.25, 0.3) is 0 Å². The van der Waals surface area contributed by atoms with Crippen molar-refractivity contribution >= 4 is 11.3 Å². The Hall–Kier alpha value is -1.24. The Morgan fingerprint density at radius 3 is 2.88 bits per heavy atom. The molecule has 2 aromatic heterocycles. The van der Waals surface area contributed by atoms with Crippen molar-refractivity contribution in [2.24, 2.45) is 0 Å². The molecular formula is C10H13N3O2S. The molecule has 0 atom stereocenters. The van der Waals surface area contributed by atoms with Gasteiger partial charge in [-0.2, -0.15) is 0 Å². The summed E-state index contributed by atoms with van der Waals surface area (Å²) in [6, 6.07) is 4.01. The van der Waals surface area contributed by atoms with Gasteiger partial charge in [0, 0.05) is 11.3 Å². The lowest BCUT2D eigenvalue weighted by molar-refractivity contribution is 0.265. The summed E-state index contributed by atoms with van der Waals surface area (Å²) in [7, 11) is 0. The fourth-order valence-corrected chi connectivity index (χ4v) is 2.25. The lowest BCUT2D eigenvalue weighted by Gasteiger charge is -2.04. The normalized spacial score (nSPS) is 10.9. The van der Waals surface area contributed by atoms with Crippen molar-refractivity contribution in [3.05, 3.63) is 33.8 Å². The van der Waals surface area contributed by atoms with Crippen molar-refractivity contribution in [3.63, 3.8) is 0 Å². The van der Waals surface area contributed by atoms with E-state index in [1.165, 1.54) is 4.88 Å². The molecule has 2 aromatic rings. The summed E-state index contributed by atoms with van der Waals surface area (Å²) in [5.41, 5.74) is 1.46. The second-order valence-corrected chi connectivity index (χ2v) is 4.38. The van der Waals surface area contributed by atoms with E-state index in [9.17, 15) is 0 Å². The monoisotopic (exact) mass is 239 g/mol. The highest BCUT2D eigenvalue weighted by molar-refractivity contribution is 7.09. The minimum atomic E-state index is -0.119. The Kier molecular flexibility index (Phi) is 3.66. The van der Waals surface area contributed by atoms with Crippen LogP contribution in [0.15, 0.2) is 17.5 Å². The third-order valence-corrected chi connectivity index (χ3v) is 3.18. The molecule has 0 saturated heterocycles. The van der Waals surface area contributed by atoms with Crippen molar-refractivity contribution in [2.45, 2.75) is 19.6 Å². The van der Waals surface area contributed by atoms with Crippen LogP contribution in [-0.2, 0) is 19.6 Å². The highest BCUT2D eigenvalue weighted by atomic mass is 32.1. The molecule has 0 saturated carbocycles. The molecule has 6 heteroatoms. The zero-order valence-electron chi connectivity index (χ0n) is 8.70. The summed E-state index contributed by atoms with van der Waals surface area (Å²) in [4.78, 5) is 1.19. The maximum absolute atomic E-state index is 9.15. The van der Waals surface area contributed by atoms with Crippen molar-refractivity contribution in [3.8, 4) is 0 Å². The van der Waals surface area contributed by atoms with Gasteiger partial charge in [0.15, 0.2) is 0 Å². The zero-order valence-corrected chi connectivity index (χ0v) is 9.52. The average molecular weight is 239 g/mol. The number of aliphatic hydroxyl groups is 2. The fourth-order valence-electron chi connectivity index (χ4n) is 1.54. The van der Waals surface area contributed by atoms with Gasteiger partial charge in [-0.1, -0.05) is 11.3 Å². The van der Waals surface area contributed by atoms with E-state index in [1.54, 1.807) is 16.0 Å². The van der Waals surface area contributed by atoms with Crippen LogP contribution in [0.4, 0.5) is 0 Å². The number of hydrogen-bond donors (Lipinski definition) is 2. The van der Waals surface area contributed by atoms with E-state index in [1.807, 2.05) is 17.5 Å². The predicted octanol–water partition coefficient (Wildman–Crippen LogP) is 0.415. The summed E-state index contributed by atoms with van der Waals surface area (Å²) in [6.45, 7) is 0.311. The molecule has 0 aliphatic rings. The van der Waals surface area contributed by atoms with E-state index < -0.39 is 0 Å². The molecule has 16 heavy (non-hydrogen) atoms. The van der Waals surface area contributed by atoms with Crippen molar-refractivity contribution in [1.82, 2.24) is 15.0 Å². The van der Waals surface area contributed by atoms with Gasteiger partial charge in [0.1, 0.15) is 5.69 Å².